The number of amides is 4. The van der Waals surface area contributed by atoms with Crippen molar-refractivity contribution in [2.24, 2.45) is 0 Å². The first-order chi connectivity index (χ1) is 18.8. The van der Waals surface area contributed by atoms with Gasteiger partial charge in [-0.25, -0.2) is 4.79 Å². The van der Waals surface area contributed by atoms with Crippen molar-refractivity contribution in [1.82, 2.24) is 14.7 Å². The third kappa shape index (κ3) is 6.74. The molecule has 4 amide bonds. The number of rotatable bonds is 6. The van der Waals surface area contributed by atoms with Gasteiger partial charge in [-0.1, -0.05) is 50.0 Å². The average molecular weight is 611 g/mol. The number of nitrogens with one attached hydrogen (secondary N) is 2. The van der Waals surface area contributed by atoms with Gasteiger partial charge in [-0.15, -0.1) is 11.3 Å². The topological polar surface area (TPSA) is 94.2 Å². The molecule has 3 heterocycles. The molecule has 218 valence electrons. The van der Waals surface area contributed by atoms with Gasteiger partial charge in [0.05, 0.1) is 34.5 Å². The van der Waals surface area contributed by atoms with E-state index < -0.39 is 11.6 Å². The summed E-state index contributed by atoms with van der Waals surface area (Å²) in [5, 5.41) is 6.49. The molecule has 2 aliphatic rings. The van der Waals surface area contributed by atoms with Crippen molar-refractivity contribution in [1.29, 1.82) is 0 Å². The van der Waals surface area contributed by atoms with Crippen LogP contribution in [0.15, 0.2) is 24.3 Å². The van der Waals surface area contributed by atoms with E-state index in [1.54, 1.807) is 36.9 Å². The van der Waals surface area contributed by atoms with E-state index in [0.29, 0.717) is 54.1 Å². The first kappa shape index (κ1) is 30.6. The number of morpholine rings is 1. The lowest BCUT2D eigenvalue weighted by molar-refractivity contribution is -0.146. The first-order valence-electron chi connectivity index (χ1n) is 13.4. The molecule has 2 aromatic rings. The minimum absolute atomic E-state index is 0.0884. The van der Waals surface area contributed by atoms with Crippen LogP contribution in [0.25, 0.3) is 0 Å². The van der Waals surface area contributed by atoms with Gasteiger partial charge in [0.25, 0.3) is 5.91 Å². The predicted molar refractivity (Wildman–Crippen MR) is 161 cm³/mol. The molecule has 1 aromatic carbocycles. The van der Waals surface area contributed by atoms with E-state index in [2.05, 4.69) is 15.5 Å². The molecule has 0 aliphatic carbocycles. The zero-order valence-corrected chi connectivity index (χ0v) is 25.9. The minimum atomic E-state index is -1.04. The molecule has 9 nitrogen and oxygen atoms in total. The number of piperazine rings is 1. The van der Waals surface area contributed by atoms with Gasteiger partial charge in [-0.05, 0) is 37.5 Å². The summed E-state index contributed by atoms with van der Waals surface area (Å²) in [5.41, 5.74) is -0.592. The summed E-state index contributed by atoms with van der Waals surface area (Å²) in [4.78, 5) is 47.2. The van der Waals surface area contributed by atoms with Crippen molar-refractivity contribution in [2.75, 3.05) is 63.1 Å². The molecule has 12 heteroatoms. The smallest absolute Gasteiger partial charge is 0.324 e. The third-order valence-corrected chi connectivity index (χ3v) is 9.54. The first-order valence-corrected chi connectivity index (χ1v) is 14.9. The largest absolute Gasteiger partial charge is 0.379 e. The molecule has 0 atom stereocenters. The number of urea groups is 1. The van der Waals surface area contributed by atoms with Crippen LogP contribution >= 0.6 is 34.5 Å². The summed E-state index contributed by atoms with van der Waals surface area (Å²) in [6.45, 7) is 15.1. The lowest BCUT2D eigenvalue weighted by Gasteiger charge is -2.46. The Balaban J connectivity index is 1.52. The molecule has 40 heavy (non-hydrogen) atoms. The van der Waals surface area contributed by atoms with Crippen LogP contribution in [-0.2, 0) is 14.9 Å². The zero-order chi connectivity index (χ0) is 29.2. The lowest BCUT2D eigenvalue weighted by atomic mass is 9.93. The Hall–Kier alpha value is -2.37. The summed E-state index contributed by atoms with van der Waals surface area (Å²) >= 11 is 13.7. The summed E-state index contributed by atoms with van der Waals surface area (Å²) in [7, 11) is 0. The maximum atomic E-state index is 14.0. The van der Waals surface area contributed by atoms with Crippen LogP contribution in [-0.4, -0.2) is 90.6 Å². The van der Waals surface area contributed by atoms with Crippen LogP contribution < -0.4 is 10.6 Å². The molecule has 0 radical (unpaired) electrons. The molecular formula is C28H37Cl2N5O4S. The van der Waals surface area contributed by atoms with E-state index in [9.17, 15) is 14.4 Å². The van der Waals surface area contributed by atoms with Crippen LogP contribution in [0.5, 0.6) is 0 Å². The Labute approximate surface area is 249 Å². The van der Waals surface area contributed by atoms with Gasteiger partial charge >= 0.3 is 6.03 Å². The highest BCUT2D eigenvalue weighted by Gasteiger charge is 2.45. The van der Waals surface area contributed by atoms with E-state index in [4.69, 9.17) is 27.9 Å². The van der Waals surface area contributed by atoms with Crippen molar-refractivity contribution in [3.05, 3.63) is 44.8 Å². The standard InChI is InChI=1S/C28H37Cl2N5O4S/c1-27(2,3)21-17-18(23(40-21)32-26(38)31-20-8-6-7-19(29)22(20)30)24(36)35-12-11-34(25(37)28(35,4)5)10-9-33-13-15-39-16-14-33/h6-8,17H,9-16H2,1-5H3,(H2,31,32,38). The number of ether oxygens (including phenoxy) is 1. The van der Waals surface area contributed by atoms with Crippen LogP contribution in [0.4, 0.5) is 15.5 Å². The van der Waals surface area contributed by atoms with E-state index in [-0.39, 0.29) is 22.3 Å². The molecule has 0 bridgehead atoms. The summed E-state index contributed by atoms with van der Waals surface area (Å²) < 4.78 is 5.42. The molecule has 2 N–H and O–H groups in total. The lowest BCUT2D eigenvalue weighted by Crippen LogP contribution is -2.65. The normalized spacial score (nSPS) is 18.1. The Morgan fingerprint density at radius 2 is 1.75 bits per heavy atom. The quantitative estimate of drug-likeness (QED) is 0.458. The number of nitrogens with zero attached hydrogens (tertiary/aromatic N) is 3. The highest BCUT2D eigenvalue weighted by molar-refractivity contribution is 7.16. The fourth-order valence-electron chi connectivity index (χ4n) is 4.77. The number of anilines is 2. The molecule has 0 saturated carbocycles. The van der Waals surface area contributed by atoms with Crippen LogP contribution in [0.2, 0.25) is 10.0 Å². The van der Waals surface area contributed by atoms with Crippen LogP contribution in [0.1, 0.15) is 49.9 Å². The number of thiophene rings is 1. The Morgan fingerprint density at radius 1 is 1.05 bits per heavy atom. The number of halogens is 2. The van der Waals surface area contributed by atoms with Crippen LogP contribution in [0.3, 0.4) is 0 Å². The van der Waals surface area contributed by atoms with Gasteiger partial charge in [0.2, 0.25) is 5.91 Å². The number of benzene rings is 1. The monoisotopic (exact) mass is 609 g/mol. The predicted octanol–water partition coefficient (Wildman–Crippen LogP) is 5.39. The Morgan fingerprint density at radius 3 is 2.42 bits per heavy atom. The van der Waals surface area contributed by atoms with Gasteiger partial charge in [-0.2, -0.15) is 0 Å². The third-order valence-electron chi connectivity index (χ3n) is 7.24. The van der Waals surface area contributed by atoms with E-state index in [1.165, 1.54) is 11.3 Å². The summed E-state index contributed by atoms with van der Waals surface area (Å²) in [6.07, 6.45) is 0. The number of hydrogen-bond donors (Lipinski definition) is 2. The molecule has 4 rings (SSSR count). The van der Waals surface area contributed by atoms with E-state index >= 15 is 0 Å². The number of hydrogen-bond acceptors (Lipinski definition) is 6. The van der Waals surface area contributed by atoms with E-state index in [0.717, 1.165) is 24.5 Å². The SMILES string of the molecule is CC(C)(C)c1cc(C(=O)N2CCN(CCN3CCOCC3)C(=O)C2(C)C)c(NC(=O)Nc2cccc(Cl)c2Cl)s1. The van der Waals surface area contributed by atoms with Gasteiger partial charge in [0.1, 0.15) is 10.5 Å². The second kappa shape index (κ2) is 12.2. The summed E-state index contributed by atoms with van der Waals surface area (Å²) in [5.74, 6) is -0.386. The zero-order valence-electron chi connectivity index (χ0n) is 23.6. The molecule has 0 unspecified atom stereocenters. The molecule has 0 spiro atoms. The molecular weight excluding hydrogens is 573 g/mol. The number of carbonyl (C=O) groups excluding carboxylic acids is 3. The molecule has 1 aromatic heterocycles. The van der Waals surface area contributed by atoms with Crippen molar-refractivity contribution in [2.45, 2.75) is 45.6 Å². The maximum Gasteiger partial charge on any atom is 0.324 e. The van der Waals surface area contributed by atoms with Gasteiger partial charge in [-0.3, -0.25) is 19.8 Å². The second-order valence-corrected chi connectivity index (χ2v) is 13.4. The molecule has 2 saturated heterocycles. The Kier molecular flexibility index (Phi) is 9.36. The van der Waals surface area contributed by atoms with Gasteiger partial charge in [0.15, 0.2) is 0 Å². The number of carbonyl (C=O) groups is 3. The Bertz CT molecular complexity index is 1270. The highest BCUT2D eigenvalue weighted by Crippen LogP contribution is 2.38. The van der Waals surface area contributed by atoms with Crippen molar-refractivity contribution in [3.63, 3.8) is 0 Å². The fraction of sp³-hybridized carbons (Fsp3) is 0.536. The van der Waals surface area contributed by atoms with Crippen molar-refractivity contribution >= 4 is 63.1 Å². The second-order valence-electron chi connectivity index (χ2n) is 11.5. The van der Waals surface area contributed by atoms with Crippen molar-refractivity contribution in [3.8, 4) is 0 Å². The molecule has 2 aliphatic heterocycles. The minimum Gasteiger partial charge on any atom is -0.379 e. The van der Waals surface area contributed by atoms with Crippen molar-refractivity contribution < 1.29 is 19.1 Å². The van der Waals surface area contributed by atoms with Gasteiger partial charge < -0.3 is 19.9 Å². The maximum absolute atomic E-state index is 14.0. The van der Waals surface area contributed by atoms with Crippen LogP contribution in [0, 0.1) is 0 Å². The fourth-order valence-corrected chi connectivity index (χ4v) is 6.23. The summed E-state index contributed by atoms with van der Waals surface area (Å²) in [6, 6.07) is 6.22. The highest BCUT2D eigenvalue weighted by atomic mass is 35.5. The average Bonchev–Trinajstić information content (AvgIpc) is 3.32. The molecule has 2 fully saturated rings. The van der Waals surface area contributed by atoms with E-state index in [1.807, 2.05) is 31.7 Å². The van der Waals surface area contributed by atoms with Gasteiger partial charge in [0, 0.05) is 44.1 Å².